The van der Waals surface area contributed by atoms with Crippen molar-refractivity contribution in [2.24, 2.45) is 0 Å². The molecular weight excluding hydrogens is 464 g/mol. The van der Waals surface area contributed by atoms with E-state index in [-0.39, 0.29) is 11.8 Å². The maximum Gasteiger partial charge on any atom is 0.256 e. The average molecular weight is 499 g/mol. The molecule has 2 amide bonds. The van der Waals surface area contributed by atoms with E-state index in [1.165, 1.54) is 0 Å². The normalized spacial score (nSPS) is 15.8. The van der Waals surface area contributed by atoms with Crippen LogP contribution in [-0.4, -0.2) is 66.4 Å². The Morgan fingerprint density at radius 3 is 2.49 bits per heavy atom. The molecule has 5 rings (SSSR count). The molecule has 0 aliphatic carbocycles. The monoisotopic (exact) mass is 498 g/mol. The number of ether oxygens (including phenoxy) is 1. The van der Waals surface area contributed by atoms with Crippen LogP contribution in [0.3, 0.4) is 0 Å². The Balaban J connectivity index is 1.44. The Morgan fingerprint density at radius 2 is 1.78 bits per heavy atom. The van der Waals surface area contributed by atoms with Gasteiger partial charge in [-0.1, -0.05) is 32.0 Å². The maximum atomic E-state index is 13.4. The molecule has 0 fully saturated rings. The molecule has 0 saturated carbocycles. The first-order valence-corrected chi connectivity index (χ1v) is 13.0. The number of anilines is 1. The molecule has 2 N–H and O–H groups in total. The number of hydrogen-bond acceptors (Lipinski definition) is 4. The predicted molar refractivity (Wildman–Crippen MR) is 148 cm³/mol. The Labute approximate surface area is 218 Å². The molecule has 2 aromatic carbocycles. The predicted octanol–water partition coefficient (Wildman–Crippen LogP) is 4.83. The summed E-state index contributed by atoms with van der Waals surface area (Å²) in [5.74, 6) is 0.737. The molecule has 2 aliphatic heterocycles. The summed E-state index contributed by atoms with van der Waals surface area (Å²) in [6.45, 7) is 10.5. The molecule has 37 heavy (non-hydrogen) atoms. The van der Waals surface area contributed by atoms with E-state index in [0.717, 1.165) is 83.2 Å². The van der Waals surface area contributed by atoms with Crippen LogP contribution in [0.4, 0.5) is 5.69 Å². The summed E-state index contributed by atoms with van der Waals surface area (Å²) in [4.78, 5) is 34.1. The van der Waals surface area contributed by atoms with Gasteiger partial charge in [-0.05, 0) is 67.0 Å². The minimum atomic E-state index is -0.138. The molecule has 0 saturated heterocycles. The molecule has 2 aliphatic rings. The van der Waals surface area contributed by atoms with E-state index >= 15 is 0 Å². The zero-order valence-corrected chi connectivity index (χ0v) is 22.0. The van der Waals surface area contributed by atoms with Crippen molar-refractivity contribution in [1.29, 1.82) is 0 Å². The third-order valence-electron chi connectivity index (χ3n) is 7.59. The van der Waals surface area contributed by atoms with E-state index in [2.05, 4.69) is 29.0 Å². The highest BCUT2D eigenvalue weighted by Crippen LogP contribution is 2.37. The van der Waals surface area contributed by atoms with Gasteiger partial charge in [0, 0.05) is 48.7 Å². The highest BCUT2D eigenvalue weighted by molar-refractivity contribution is 6.35. The van der Waals surface area contributed by atoms with Crippen LogP contribution in [0.2, 0.25) is 0 Å². The summed E-state index contributed by atoms with van der Waals surface area (Å²) in [5, 5.41) is 2.98. The fraction of sp³-hybridized carbons (Fsp3) is 0.333. The van der Waals surface area contributed by atoms with Gasteiger partial charge in [0.05, 0.1) is 18.2 Å². The van der Waals surface area contributed by atoms with Crippen LogP contribution in [-0.2, 0) is 11.2 Å². The molecule has 0 atom stereocenters. The largest absolute Gasteiger partial charge is 0.497 e. The number of fused-ring (bicyclic) bond motifs is 2. The molecule has 7 nitrogen and oxygen atoms in total. The van der Waals surface area contributed by atoms with Crippen LogP contribution in [0.15, 0.2) is 42.5 Å². The van der Waals surface area contributed by atoms with Crippen molar-refractivity contribution in [3.05, 3.63) is 70.5 Å². The van der Waals surface area contributed by atoms with E-state index in [0.29, 0.717) is 12.1 Å². The number of methoxy groups -OCH3 is 1. The van der Waals surface area contributed by atoms with Crippen molar-refractivity contribution >= 4 is 29.2 Å². The zero-order chi connectivity index (χ0) is 26.1. The summed E-state index contributed by atoms with van der Waals surface area (Å²) < 4.78 is 5.27. The van der Waals surface area contributed by atoms with Gasteiger partial charge < -0.3 is 24.8 Å². The van der Waals surface area contributed by atoms with E-state index in [1.807, 2.05) is 60.4 Å². The van der Waals surface area contributed by atoms with E-state index in [1.54, 1.807) is 7.11 Å². The van der Waals surface area contributed by atoms with Gasteiger partial charge in [-0.15, -0.1) is 0 Å². The molecule has 0 spiro atoms. The Hall–Kier alpha value is -3.84. The topological polar surface area (TPSA) is 77.7 Å². The lowest BCUT2D eigenvalue weighted by molar-refractivity contribution is -0.110. The van der Waals surface area contributed by atoms with Crippen LogP contribution >= 0.6 is 0 Å². The summed E-state index contributed by atoms with van der Waals surface area (Å²) in [6.07, 6.45) is 2.67. The first-order chi connectivity index (χ1) is 17.9. The van der Waals surface area contributed by atoms with Gasteiger partial charge in [-0.2, -0.15) is 0 Å². The quantitative estimate of drug-likeness (QED) is 0.436. The molecule has 192 valence electrons. The van der Waals surface area contributed by atoms with Crippen LogP contribution < -0.4 is 10.1 Å². The van der Waals surface area contributed by atoms with Gasteiger partial charge >= 0.3 is 0 Å². The number of carbonyl (C=O) groups excluding carboxylic acids is 2. The second-order valence-corrected chi connectivity index (χ2v) is 9.59. The minimum Gasteiger partial charge on any atom is -0.497 e. The van der Waals surface area contributed by atoms with E-state index in [9.17, 15) is 9.59 Å². The Morgan fingerprint density at radius 1 is 1.05 bits per heavy atom. The Kier molecular flexibility index (Phi) is 6.89. The first kappa shape index (κ1) is 24.8. The van der Waals surface area contributed by atoms with Crippen LogP contribution in [0.1, 0.15) is 46.7 Å². The lowest BCUT2D eigenvalue weighted by Crippen LogP contribution is -2.42. The summed E-state index contributed by atoms with van der Waals surface area (Å²) in [5.41, 5.74) is 7.73. The number of nitrogens with one attached hydrogen (secondary N) is 2. The van der Waals surface area contributed by atoms with Crippen molar-refractivity contribution in [3.8, 4) is 16.9 Å². The number of hydrogen-bond donors (Lipinski definition) is 2. The van der Waals surface area contributed by atoms with Crippen molar-refractivity contribution in [3.63, 3.8) is 0 Å². The fourth-order valence-corrected chi connectivity index (χ4v) is 5.26. The number of nitrogens with zero attached hydrogens (tertiary/aromatic N) is 2. The molecule has 7 heteroatoms. The molecule has 1 aromatic heterocycles. The van der Waals surface area contributed by atoms with Gasteiger partial charge in [0.1, 0.15) is 5.75 Å². The van der Waals surface area contributed by atoms with Crippen molar-refractivity contribution in [2.45, 2.75) is 27.2 Å². The van der Waals surface area contributed by atoms with Gasteiger partial charge in [0.2, 0.25) is 0 Å². The number of rotatable bonds is 8. The zero-order valence-electron chi connectivity index (χ0n) is 22.0. The van der Waals surface area contributed by atoms with Crippen molar-refractivity contribution in [1.82, 2.24) is 14.8 Å². The van der Waals surface area contributed by atoms with Crippen LogP contribution in [0.5, 0.6) is 5.75 Å². The third-order valence-corrected chi connectivity index (χ3v) is 7.59. The fourth-order valence-electron chi connectivity index (χ4n) is 5.26. The lowest BCUT2D eigenvalue weighted by atomic mass is 9.98. The Bertz CT molecular complexity index is 1370. The van der Waals surface area contributed by atoms with Gasteiger partial charge in [0.25, 0.3) is 11.8 Å². The van der Waals surface area contributed by atoms with E-state index < -0.39 is 0 Å². The number of aromatic amines is 1. The smallest absolute Gasteiger partial charge is 0.256 e. The number of amides is 2. The van der Waals surface area contributed by atoms with Gasteiger partial charge in [0.15, 0.2) is 0 Å². The molecule has 0 unspecified atom stereocenters. The first-order valence-electron chi connectivity index (χ1n) is 13.0. The van der Waals surface area contributed by atoms with E-state index in [4.69, 9.17) is 4.74 Å². The number of benzene rings is 2. The average Bonchev–Trinajstić information content (AvgIpc) is 3.41. The van der Waals surface area contributed by atoms with Crippen molar-refractivity contribution in [2.75, 3.05) is 45.2 Å². The number of aromatic nitrogens is 1. The molecule has 3 heterocycles. The third kappa shape index (κ3) is 4.67. The number of carbonyl (C=O) groups is 2. The SMILES string of the molecule is CCN(CC)CCN1CCc2[nH]c(C=C3C(=O)Nc4ccc(-c5ccc(OC)cc5)cc43)c(C)c2C1=O. The number of likely N-dealkylation sites (N-methyl/N-ethyl adjacent to an activating group) is 1. The second kappa shape index (κ2) is 10.3. The summed E-state index contributed by atoms with van der Waals surface area (Å²) in [6, 6.07) is 13.9. The number of H-pyrrole nitrogens is 1. The summed E-state index contributed by atoms with van der Waals surface area (Å²) >= 11 is 0. The highest BCUT2D eigenvalue weighted by Gasteiger charge is 2.30. The lowest BCUT2D eigenvalue weighted by Gasteiger charge is -2.29. The highest BCUT2D eigenvalue weighted by atomic mass is 16.5. The molecule has 0 radical (unpaired) electrons. The summed E-state index contributed by atoms with van der Waals surface area (Å²) in [7, 11) is 1.65. The molecule has 3 aromatic rings. The second-order valence-electron chi connectivity index (χ2n) is 9.59. The van der Waals surface area contributed by atoms with Crippen LogP contribution in [0.25, 0.3) is 22.8 Å². The molecule has 0 bridgehead atoms. The van der Waals surface area contributed by atoms with Crippen molar-refractivity contribution < 1.29 is 14.3 Å². The standard InChI is InChI=1S/C30H34N4O3/c1-5-33(6-2)15-16-34-14-13-26-28(30(34)36)19(3)27(31-26)18-24-23-17-21(9-12-25(23)32-29(24)35)20-7-10-22(37-4)11-8-20/h7-12,17-18,31H,5-6,13-16H2,1-4H3,(H,32,35). The van der Waals surface area contributed by atoms with Gasteiger partial charge in [-0.3, -0.25) is 9.59 Å². The minimum absolute atomic E-state index is 0.0740. The van der Waals surface area contributed by atoms with Crippen LogP contribution in [0, 0.1) is 6.92 Å². The molecular formula is C30H34N4O3. The maximum absolute atomic E-state index is 13.4. The van der Waals surface area contributed by atoms with Gasteiger partial charge in [-0.25, -0.2) is 0 Å².